The molecule has 19 heavy (non-hydrogen) atoms. The van der Waals surface area contributed by atoms with Crippen molar-refractivity contribution in [3.05, 3.63) is 22.8 Å². The highest BCUT2D eigenvalue weighted by molar-refractivity contribution is 5.54. The maximum absolute atomic E-state index is 5.59. The fourth-order valence-electron chi connectivity index (χ4n) is 2.89. The van der Waals surface area contributed by atoms with Crippen molar-refractivity contribution in [2.75, 3.05) is 20.8 Å². The van der Waals surface area contributed by atoms with Crippen LogP contribution < -0.4 is 14.8 Å². The molecule has 1 atom stereocenters. The lowest BCUT2D eigenvalue weighted by Gasteiger charge is -2.26. The SMILES string of the molecule is COc1cc(C)c(C)c(CC2CCCCN2)c1OC. The third kappa shape index (κ3) is 3.03. The van der Waals surface area contributed by atoms with E-state index < -0.39 is 0 Å². The van der Waals surface area contributed by atoms with Crippen LogP contribution in [0.15, 0.2) is 6.07 Å². The van der Waals surface area contributed by atoms with Gasteiger partial charge in [-0.3, -0.25) is 0 Å². The van der Waals surface area contributed by atoms with Gasteiger partial charge < -0.3 is 14.8 Å². The minimum atomic E-state index is 0.563. The van der Waals surface area contributed by atoms with Gasteiger partial charge in [-0.2, -0.15) is 0 Å². The van der Waals surface area contributed by atoms with Crippen molar-refractivity contribution >= 4 is 0 Å². The van der Waals surface area contributed by atoms with E-state index in [9.17, 15) is 0 Å². The van der Waals surface area contributed by atoms with E-state index in [1.54, 1.807) is 14.2 Å². The maximum Gasteiger partial charge on any atom is 0.164 e. The normalized spacial score (nSPS) is 19.3. The smallest absolute Gasteiger partial charge is 0.164 e. The Labute approximate surface area is 116 Å². The fourth-order valence-corrected chi connectivity index (χ4v) is 2.89. The second-order valence-electron chi connectivity index (χ2n) is 5.38. The highest BCUT2D eigenvalue weighted by Crippen LogP contribution is 2.36. The zero-order chi connectivity index (χ0) is 13.8. The third-order valence-corrected chi connectivity index (χ3v) is 4.18. The number of nitrogens with one attached hydrogen (secondary N) is 1. The summed E-state index contributed by atoms with van der Waals surface area (Å²) in [4.78, 5) is 0. The molecule has 1 aliphatic heterocycles. The van der Waals surface area contributed by atoms with E-state index in [4.69, 9.17) is 9.47 Å². The van der Waals surface area contributed by atoms with Gasteiger partial charge in [-0.15, -0.1) is 0 Å². The van der Waals surface area contributed by atoms with E-state index in [-0.39, 0.29) is 0 Å². The number of aryl methyl sites for hydroxylation is 1. The number of benzene rings is 1. The zero-order valence-corrected chi connectivity index (χ0v) is 12.5. The predicted octanol–water partition coefficient (Wildman–Crippen LogP) is 3.01. The zero-order valence-electron chi connectivity index (χ0n) is 12.5. The molecule has 1 heterocycles. The largest absolute Gasteiger partial charge is 0.493 e. The van der Waals surface area contributed by atoms with E-state index in [1.165, 1.54) is 36.0 Å². The molecule has 0 radical (unpaired) electrons. The minimum Gasteiger partial charge on any atom is -0.493 e. The average Bonchev–Trinajstić information content (AvgIpc) is 2.44. The first-order valence-corrected chi connectivity index (χ1v) is 7.11. The third-order valence-electron chi connectivity index (χ3n) is 4.18. The van der Waals surface area contributed by atoms with Gasteiger partial charge >= 0.3 is 0 Å². The topological polar surface area (TPSA) is 30.5 Å². The lowest BCUT2D eigenvalue weighted by atomic mass is 9.92. The van der Waals surface area contributed by atoms with Gasteiger partial charge in [0.2, 0.25) is 0 Å². The second-order valence-corrected chi connectivity index (χ2v) is 5.38. The summed E-state index contributed by atoms with van der Waals surface area (Å²) in [5.41, 5.74) is 3.88. The highest BCUT2D eigenvalue weighted by atomic mass is 16.5. The molecule has 1 N–H and O–H groups in total. The van der Waals surface area contributed by atoms with Gasteiger partial charge in [-0.25, -0.2) is 0 Å². The molecule has 3 heteroatoms. The van der Waals surface area contributed by atoms with Crippen molar-refractivity contribution in [2.24, 2.45) is 0 Å². The molecule has 0 aliphatic carbocycles. The average molecular weight is 263 g/mol. The van der Waals surface area contributed by atoms with Crippen molar-refractivity contribution in [1.29, 1.82) is 0 Å². The first kappa shape index (κ1) is 14.2. The molecule has 0 saturated carbocycles. The quantitative estimate of drug-likeness (QED) is 0.906. The van der Waals surface area contributed by atoms with Gasteiger partial charge in [0, 0.05) is 11.6 Å². The van der Waals surface area contributed by atoms with Crippen LogP contribution in [-0.4, -0.2) is 26.8 Å². The standard InChI is InChI=1S/C16H25NO2/c1-11-9-15(18-3)16(19-4)14(12(11)2)10-13-7-5-6-8-17-13/h9,13,17H,5-8,10H2,1-4H3. The molecule has 0 aromatic heterocycles. The van der Waals surface area contributed by atoms with Crippen LogP contribution in [0.25, 0.3) is 0 Å². The number of rotatable bonds is 4. The van der Waals surface area contributed by atoms with Crippen molar-refractivity contribution in [1.82, 2.24) is 5.32 Å². The van der Waals surface area contributed by atoms with E-state index in [0.717, 1.165) is 24.5 Å². The van der Waals surface area contributed by atoms with Crippen LogP contribution in [0, 0.1) is 13.8 Å². The molecule has 1 aromatic carbocycles. The molecule has 0 bridgehead atoms. The molecule has 0 spiro atoms. The molecule has 1 unspecified atom stereocenters. The van der Waals surface area contributed by atoms with E-state index in [1.807, 2.05) is 0 Å². The lowest BCUT2D eigenvalue weighted by Crippen LogP contribution is -2.35. The molecule has 2 rings (SSSR count). The molecule has 1 aromatic rings. The van der Waals surface area contributed by atoms with Crippen LogP contribution in [0.1, 0.15) is 36.0 Å². The first-order chi connectivity index (χ1) is 9.17. The van der Waals surface area contributed by atoms with Crippen molar-refractivity contribution in [3.63, 3.8) is 0 Å². The Morgan fingerprint density at radius 3 is 2.58 bits per heavy atom. The van der Waals surface area contributed by atoms with E-state index >= 15 is 0 Å². The van der Waals surface area contributed by atoms with Crippen LogP contribution in [0.5, 0.6) is 11.5 Å². The van der Waals surface area contributed by atoms with E-state index in [0.29, 0.717) is 6.04 Å². The minimum absolute atomic E-state index is 0.563. The predicted molar refractivity (Wildman–Crippen MR) is 78.4 cm³/mol. The fraction of sp³-hybridized carbons (Fsp3) is 0.625. The summed E-state index contributed by atoms with van der Waals surface area (Å²) in [5.74, 6) is 1.74. The summed E-state index contributed by atoms with van der Waals surface area (Å²) < 4.78 is 11.0. The van der Waals surface area contributed by atoms with Gasteiger partial charge in [0.25, 0.3) is 0 Å². The number of piperidine rings is 1. The summed E-state index contributed by atoms with van der Waals surface area (Å²) in [5, 5.41) is 3.61. The van der Waals surface area contributed by atoms with Crippen LogP contribution >= 0.6 is 0 Å². The van der Waals surface area contributed by atoms with Gasteiger partial charge in [0.15, 0.2) is 11.5 Å². The molecule has 1 aliphatic rings. The van der Waals surface area contributed by atoms with E-state index in [2.05, 4.69) is 25.2 Å². The molecular weight excluding hydrogens is 238 g/mol. The lowest BCUT2D eigenvalue weighted by molar-refractivity contribution is 0.344. The number of methoxy groups -OCH3 is 2. The number of hydrogen-bond acceptors (Lipinski definition) is 3. The monoisotopic (exact) mass is 263 g/mol. The Hall–Kier alpha value is -1.22. The molecule has 106 valence electrons. The van der Waals surface area contributed by atoms with Crippen molar-refractivity contribution < 1.29 is 9.47 Å². The first-order valence-electron chi connectivity index (χ1n) is 7.11. The Kier molecular flexibility index (Phi) is 4.70. The van der Waals surface area contributed by atoms with Gasteiger partial charge in [-0.1, -0.05) is 6.42 Å². The van der Waals surface area contributed by atoms with Crippen LogP contribution in [0.4, 0.5) is 0 Å². The molecular formula is C16H25NO2. The Balaban J connectivity index is 2.33. The highest BCUT2D eigenvalue weighted by Gasteiger charge is 2.20. The Morgan fingerprint density at radius 1 is 1.21 bits per heavy atom. The Bertz CT molecular complexity index is 437. The number of hydrogen-bond donors (Lipinski definition) is 1. The van der Waals surface area contributed by atoms with Gasteiger partial charge in [-0.05, 0) is 56.8 Å². The van der Waals surface area contributed by atoms with Crippen molar-refractivity contribution in [3.8, 4) is 11.5 Å². The second kappa shape index (κ2) is 6.29. The summed E-state index contributed by atoms with van der Waals surface area (Å²) in [7, 11) is 3.43. The molecule has 0 amide bonds. The van der Waals surface area contributed by atoms with Crippen LogP contribution in [0.3, 0.4) is 0 Å². The maximum atomic E-state index is 5.59. The van der Waals surface area contributed by atoms with Crippen LogP contribution in [0.2, 0.25) is 0 Å². The van der Waals surface area contributed by atoms with Crippen LogP contribution in [-0.2, 0) is 6.42 Å². The summed E-state index contributed by atoms with van der Waals surface area (Å²) in [6.45, 7) is 5.44. The van der Waals surface area contributed by atoms with Crippen molar-refractivity contribution in [2.45, 2.75) is 45.6 Å². The number of ether oxygens (including phenoxy) is 2. The van der Waals surface area contributed by atoms with Gasteiger partial charge in [0.1, 0.15) is 0 Å². The summed E-state index contributed by atoms with van der Waals surface area (Å²) in [6.07, 6.45) is 4.89. The Morgan fingerprint density at radius 2 is 2.00 bits per heavy atom. The molecule has 3 nitrogen and oxygen atoms in total. The van der Waals surface area contributed by atoms with Gasteiger partial charge in [0.05, 0.1) is 14.2 Å². The molecule has 1 saturated heterocycles. The molecule has 1 fully saturated rings. The summed E-state index contributed by atoms with van der Waals surface area (Å²) >= 11 is 0. The summed E-state index contributed by atoms with van der Waals surface area (Å²) in [6, 6.07) is 2.62.